The van der Waals surface area contributed by atoms with E-state index in [4.69, 9.17) is 5.11 Å². The zero-order valence-electron chi connectivity index (χ0n) is 12.3. The standard InChI is InChI=1S/C15H14N4O4/c1-8-11(9-4-5-9)7-17-14(12(8)19(22)23)18-13-10(15(20)21)3-2-6-16-13/h2-3,6-7,9H,4-5H2,1H3,(H,20,21)(H,16,17,18). The summed E-state index contributed by atoms with van der Waals surface area (Å²) >= 11 is 0. The Hall–Kier alpha value is -3.03. The van der Waals surface area contributed by atoms with Gasteiger partial charge in [-0.25, -0.2) is 14.8 Å². The summed E-state index contributed by atoms with van der Waals surface area (Å²) in [5, 5.41) is 23.3. The van der Waals surface area contributed by atoms with Crippen molar-refractivity contribution in [1.29, 1.82) is 0 Å². The van der Waals surface area contributed by atoms with E-state index in [2.05, 4.69) is 15.3 Å². The molecule has 0 unspecified atom stereocenters. The smallest absolute Gasteiger partial charge is 0.339 e. The predicted molar refractivity (Wildman–Crippen MR) is 82.1 cm³/mol. The normalized spacial score (nSPS) is 13.6. The zero-order valence-corrected chi connectivity index (χ0v) is 12.3. The minimum absolute atomic E-state index is 0.00176. The Morgan fingerprint density at radius 3 is 2.74 bits per heavy atom. The number of hydrogen-bond donors (Lipinski definition) is 2. The molecule has 1 aliphatic rings. The third-order valence-corrected chi connectivity index (χ3v) is 3.82. The number of anilines is 2. The Bertz CT molecular complexity index is 802. The van der Waals surface area contributed by atoms with E-state index in [-0.39, 0.29) is 22.9 Å². The Morgan fingerprint density at radius 2 is 2.13 bits per heavy atom. The number of rotatable bonds is 5. The number of carboxylic acids is 1. The van der Waals surface area contributed by atoms with Gasteiger partial charge >= 0.3 is 11.7 Å². The molecular formula is C15H14N4O4. The van der Waals surface area contributed by atoms with E-state index in [0.717, 1.165) is 18.4 Å². The highest BCUT2D eigenvalue weighted by atomic mass is 16.6. The average Bonchev–Trinajstić information content (AvgIpc) is 3.32. The summed E-state index contributed by atoms with van der Waals surface area (Å²) in [5.74, 6) is -0.818. The summed E-state index contributed by atoms with van der Waals surface area (Å²) in [5.41, 5.74) is 1.22. The lowest BCUT2D eigenvalue weighted by molar-refractivity contribution is -0.384. The largest absolute Gasteiger partial charge is 0.478 e. The van der Waals surface area contributed by atoms with Crippen molar-refractivity contribution in [2.75, 3.05) is 5.32 Å². The first-order valence-corrected chi connectivity index (χ1v) is 7.08. The van der Waals surface area contributed by atoms with Gasteiger partial charge in [-0.2, -0.15) is 0 Å². The number of aromatic nitrogens is 2. The van der Waals surface area contributed by atoms with E-state index in [1.807, 2.05) is 0 Å². The number of pyridine rings is 2. The van der Waals surface area contributed by atoms with E-state index in [1.54, 1.807) is 13.1 Å². The second-order valence-corrected chi connectivity index (χ2v) is 5.40. The first-order chi connectivity index (χ1) is 11.0. The molecular weight excluding hydrogens is 300 g/mol. The van der Waals surface area contributed by atoms with Crippen LogP contribution in [-0.4, -0.2) is 26.0 Å². The number of nitrogens with zero attached hydrogens (tertiary/aromatic N) is 3. The molecule has 0 aliphatic heterocycles. The van der Waals surface area contributed by atoms with Crippen LogP contribution in [0.2, 0.25) is 0 Å². The van der Waals surface area contributed by atoms with Crippen molar-refractivity contribution in [2.45, 2.75) is 25.7 Å². The van der Waals surface area contributed by atoms with Crippen molar-refractivity contribution >= 4 is 23.3 Å². The summed E-state index contributed by atoms with van der Waals surface area (Å²) in [6.45, 7) is 1.69. The van der Waals surface area contributed by atoms with Crippen LogP contribution >= 0.6 is 0 Å². The molecule has 1 fully saturated rings. The van der Waals surface area contributed by atoms with Gasteiger partial charge in [0.25, 0.3) is 0 Å². The molecule has 0 atom stereocenters. The second kappa shape index (κ2) is 5.64. The molecule has 1 aliphatic carbocycles. The van der Waals surface area contributed by atoms with Crippen molar-refractivity contribution < 1.29 is 14.8 Å². The van der Waals surface area contributed by atoms with Gasteiger partial charge in [-0.1, -0.05) is 0 Å². The van der Waals surface area contributed by atoms with E-state index >= 15 is 0 Å². The van der Waals surface area contributed by atoms with E-state index in [9.17, 15) is 14.9 Å². The van der Waals surface area contributed by atoms with Crippen LogP contribution in [-0.2, 0) is 0 Å². The Kier molecular flexibility index (Phi) is 3.65. The highest BCUT2D eigenvalue weighted by molar-refractivity contribution is 5.94. The summed E-state index contributed by atoms with van der Waals surface area (Å²) in [6, 6.07) is 2.85. The quantitative estimate of drug-likeness (QED) is 0.643. The van der Waals surface area contributed by atoms with Crippen molar-refractivity contribution in [2.24, 2.45) is 0 Å². The van der Waals surface area contributed by atoms with Gasteiger partial charge in [0.1, 0.15) is 11.4 Å². The molecule has 1 saturated carbocycles. The van der Waals surface area contributed by atoms with Crippen LogP contribution in [0.15, 0.2) is 24.5 Å². The van der Waals surface area contributed by atoms with E-state index < -0.39 is 10.9 Å². The molecule has 8 nitrogen and oxygen atoms in total. The van der Waals surface area contributed by atoms with Crippen LogP contribution in [0.25, 0.3) is 0 Å². The van der Waals surface area contributed by atoms with Crippen molar-refractivity contribution in [1.82, 2.24) is 9.97 Å². The maximum absolute atomic E-state index is 11.4. The lowest BCUT2D eigenvalue weighted by Gasteiger charge is -2.11. The molecule has 2 aromatic rings. The van der Waals surface area contributed by atoms with Crippen LogP contribution < -0.4 is 5.32 Å². The monoisotopic (exact) mass is 314 g/mol. The number of nitro groups is 1. The predicted octanol–water partition coefficient (Wildman–Crippen LogP) is 3.01. The molecule has 2 heterocycles. The van der Waals surface area contributed by atoms with Crippen molar-refractivity contribution in [3.05, 3.63) is 51.3 Å². The van der Waals surface area contributed by atoms with Gasteiger partial charge in [0, 0.05) is 18.0 Å². The summed E-state index contributed by atoms with van der Waals surface area (Å²) in [7, 11) is 0. The maximum Gasteiger partial charge on any atom is 0.339 e. The molecule has 0 saturated heterocycles. The first-order valence-electron chi connectivity index (χ1n) is 7.08. The van der Waals surface area contributed by atoms with Crippen LogP contribution in [0, 0.1) is 17.0 Å². The van der Waals surface area contributed by atoms with Crippen LogP contribution in [0.5, 0.6) is 0 Å². The number of carboxylic acid groups (broad SMARTS) is 1. The molecule has 0 radical (unpaired) electrons. The molecule has 0 amide bonds. The Labute approximate surface area is 131 Å². The average molecular weight is 314 g/mol. The molecule has 2 N–H and O–H groups in total. The summed E-state index contributed by atoms with van der Waals surface area (Å²) < 4.78 is 0. The number of hydrogen-bond acceptors (Lipinski definition) is 6. The fraction of sp³-hybridized carbons (Fsp3) is 0.267. The van der Waals surface area contributed by atoms with Crippen LogP contribution in [0.3, 0.4) is 0 Å². The fourth-order valence-corrected chi connectivity index (χ4v) is 2.52. The fourth-order valence-electron chi connectivity index (χ4n) is 2.52. The third kappa shape index (κ3) is 2.83. The SMILES string of the molecule is Cc1c(C2CC2)cnc(Nc2ncccc2C(=O)O)c1[N+](=O)[O-]. The molecule has 0 aromatic carbocycles. The van der Waals surface area contributed by atoms with Gasteiger partial charge in [-0.15, -0.1) is 0 Å². The molecule has 23 heavy (non-hydrogen) atoms. The minimum atomic E-state index is -1.17. The van der Waals surface area contributed by atoms with Gasteiger partial charge in [0.15, 0.2) is 0 Å². The summed E-state index contributed by atoms with van der Waals surface area (Å²) in [4.78, 5) is 30.2. The number of nitrogens with one attached hydrogen (secondary N) is 1. The van der Waals surface area contributed by atoms with Crippen molar-refractivity contribution in [3.63, 3.8) is 0 Å². The van der Waals surface area contributed by atoms with Gasteiger partial charge in [-0.3, -0.25) is 10.1 Å². The Balaban J connectivity index is 2.05. The maximum atomic E-state index is 11.4. The second-order valence-electron chi connectivity index (χ2n) is 5.40. The molecule has 2 aromatic heterocycles. The van der Waals surface area contributed by atoms with Gasteiger partial charge in [0.05, 0.1) is 4.92 Å². The van der Waals surface area contributed by atoms with E-state index in [0.29, 0.717) is 11.5 Å². The van der Waals surface area contributed by atoms with Crippen LogP contribution in [0.1, 0.15) is 40.2 Å². The highest BCUT2D eigenvalue weighted by Crippen LogP contribution is 2.44. The highest BCUT2D eigenvalue weighted by Gasteiger charge is 2.31. The lowest BCUT2D eigenvalue weighted by Crippen LogP contribution is -2.08. The van der Waals surface area contributed by atoms with Gasteiger partial charge in [-0.05, 0) is 43.4 Å². The van der Waals surface area contributed by atoms with Crippen LogP contribution in [0.4, 0.5) is 17.3 Å². The molecule has 0 bridgehead atoms. The topological polar surface area (TPSA) is 118 Å². The van der Waals surface area contributed by atoms with E-state index in [1.165, 1.54) is 18.3 Å². The zero-order chi connectivity index (χ0) is 16.6. The molecule has 3 rings (SSSR count). The lowest BCUT2D eigenvalue weighted by atomic mass is 10.1. The third-order valence-electron chi connectivity index (χ3n) is 3.82. The minimum Gasteiger partial charge on any atom is -0.478 e. The first kappa shape index (κ1) is 14.9. The molecule has 118 valence electrons. The molecule has 8 heteroatoms. The summed E-state index contributed by atoms with van der Waals surface area (Å²) in [6.07, 6.45) is 5.05. The Morgan fingerprint density at radius 1 is 1.39 bits per heavy atom. The number of aromatic carboxylic acids is 1. The molecule has 0 spiro atoms. The van der Waals surface area contributed by atoms with Gasteiger partial charge < -0.3 is 10.4 Å². The number of carbonyl (C=O) groups is 1. The van der Waals surface area contributed by atoms with Gasteiger partial charge in [0.2, 0.25) is 5.82 Å². The van der Waals surface area contributed by atoms with Crippen molar-refractivity contribution in [3.8, 4) is 0 Å².